The minimum absolute atomic E-state index is 0.801. The molecule has 1 aromatic carbocycles. The lowest BCUT2D eigenvalue weighted by molar-refractivity contribution is 0.882. The minimum atomic E-state index is 0.801. The molecule has 0 aliphatic carbocycles. The molecule has 0 saturated carbocycles. The van der Waals surface area contributed by atoms with Gasteiger partial charge in [-0.1, -0.05) is 23.7 Å². The van der Waals surface area contributed by atoms with Crippen molar-refractivity contribution in [2.75, 3.05) is 11.9 Å². The topological polar surface area (TPSA) is 29.9 Å². The van der Waals surface area contributed by atoms with Crippen LogP contribution in [0.15, 0.2) is 36.4 Å². The normalized spacial score (nSPS) is 13.2. The number of halogens is 1. The summed E-state index contributed by atoms with van der Waals surface area (Å²) in [6, 6.07) is 12.4. The summed E-state index contributed by atoms with van der Waals surface area (Å²) in [6.07, 6.45) is 1.01. The van der Waals surface area contributed by atoms with Gasteiger partial charge in [-0.05, 0) is 43.2 Å². The second kappa shape index (κ2) is 4.90. The van der Waals surface area contributed by atoms with Crippen molar-refractivity contribution in [3.8, 4) is 16.3 Å². The third-order valence-electron chi connectivity index (χ3n) is 3.70. The van der Waals surface area contributed by atoms with Crippen LogP contribution in [0.5, 0.6) is 0 Å². The number of hydrogen-bond donors (Lipinski definition) is 1. The Kier molecular flexibility index (Phi) is 3.01. The highest BCUT2D eigenvalue weighted by molar-refractivity contribution is 7.19. The van der Waals surface area contributed by atoms with Crippen LogP contribution in [0.3, 0.4) is 0 Å². The van der Waals surface area contributed by atoms with E-state index in [0.717, 1.165) is 39.4 Å². The molecule has 0 saturated heterocycles. The number of thiophene rings is 1. The molecule has 0 bridgehead atoms. The van der Waals surface area contributed by atoms with Crippen LogP contribution in [0.25, 0.3) is 16.3 Å². The summed E-state index contributed by atoms with van der Waals surface area (Å²) in [5.74, 6) is 1.11. The molecule has 0 unspecified atom stereocenters. The third kappa shape index (κ3) is 2.15. The van der Waals surface area contributed by atoms with E-state index in [1.54, 1.807) is 11.3 Å². The van der Waals surface area contributed by atoms with Gasteiger partial charge in [0.05, 0.1) is 14.9 Å². The molecule has 1 aliphatic heterocycles. The highest BCUT2D eigenvalue weighted by Crippen LogP contribution is 2.38. The first-order valence-corrected chi connectivity index (χ1v) is 8.10. The van der Waals surface area contributed by atoms with Crippen molar-refractivity contribution in [3.63, 3.8) is 0 Å². The number of aryl methyl sites for hydroxylation is 1. The summed E-state index contributed by atoms with van der Waals surface area (Å²) in [6.45, 7) is 3.06. The van der Waals surface area contributed by atoms with Gasteiger partial charge >= 0.3 is 0 Å². The third-order valence-corrected chi connectivity index (χ3v) is 4.94. The Bertz CT molecular complexity index is 819. The van der Waals surface area contributed by atoms with Crippen LogP contribution in [0.2, 0.25) is 4.34 Å². The highest BCUT2D eigenvalue weighted by Gasteiger charge is 2.24. The number of fused-ring (bicyclic) bond motifs is 1. The zero-order valence-electron chi connectivity index (χ0n) is 11.6. The number of nitrogens with zero attached hydrogens (tertiary/aromatic N) is 2. The molecule has 3 aromatic rings. The number of hydrogen-bond acceptors (Lipinski definition) is 3. The second-order valence-electron chi connectivity index (χ2n) is 5.21. The Morgan fingerprint density at radius 2 is 2.19 bits per heavy atom. The summed E-state index contributed by atoms with van der Waals surface area (Å²) < 4.78 is 2.81. The summed E-state index contributed by atoms with van der Waals surface area (Å²) in [4.78, 5) is 1.13. The van der Waals surface area contributed by atoms with E-state index < -0.39 is 0 Å². The number of benzene rings is 1. The smallest absolute Gasteiger partial charge is 0.133 e. The predicted molar refractivity (Wildman–Crippen MR) is 88.8 cm³/mol. The molecule has 3 heterocycles. The molecule has 1 N–H and O–H groups in total. The molecule has 0 amide bonds. The number of anilines is 1. The Balaban J connectivity index is 1.90. The molecule has 1 aliphatic rings. The van der Waals surface area contributed by atoms with Crippen LogP contribution >= 0.6 is 22.9 Å². The molecule has 0 spiro atoms. The maximum absolute atomic E-state index is 6.07. The van der Waals surface area contributed by atoms with Gasteiger partial charge in [-0.15, -0.1) is 11.3 Å². The fourth-order valence-corrected chi connectivity index (χ4v) is 3.82. The quantitative estimate of drug-likeness (QED) is 0.753. The average molecular weight is 316 g/mol. The van der Waals surface area contributed by atoms with Gasteiger partial charge in [0.2, 0.25) is 0 Å². The molecule has 0 atom stereocenters. The molecule has 0 radical (unpaired) electrons. The lowest BCUT2D eigenvalue weighted by atomic mass is 10.2. The fourth-order valence-electron chi connectivity index (χ4n) is 2.76. The van der Waals surface area contributed by atoms with Gasteiger partial charge in [-0.3, -0.25) is 0 Å². The van der Waals surface area contributed by atoms with Gasteiger partial charge in [-0.2, -0.15) is 5.10 Å². The van der Waals surface area contributed by atoms with E-state index in [9.17, 15) is 0 Å². The van der Waals surface area contributed by atoms with E-state index in [0.29, 0.717) is 0 Å². The SMILES string of the molecule is Cc1cccc(-n2nc(-c3ccc(Cl)s3)c3c2NCC3)c1. The molecular weight excluding hydrogens is 302 g/mol. The second-order valence-corrected chi connectivity index (χ2v) is 6.92. The van der Waals surface area contributed by atoms with E-state index in [1.165, 1.54) is 11.1 Å². The largest absolute Gasteiger partial charge is 0.369 e. The van der Waals surface area contributed by atoms with Crippen LogP contribution in [0.4, 0.5) is 5.82 Å². The van der Waals surface area contributed by atoms with Gasteiger partial charge < -0.3 is 5.32 Å². The number of nitrogens with one attached hydrogen (secondary N) is 1. The zero-order valence-corrected chi connectivity index (χ0v) is 13.1. The molecule has 0 fully saturated rings. The average Bonchev–Trinajstić information content (AvgIpc) is 3.14. The number of rotatable bonds is 2. The summed E-state index contributed by atoms with van der Waals surface area (Å²) in [5, 5.41) is 8.29. The van der Waals surface area contributed by atoms with E-state index in [2.05, 4.69) is 42.6 Å². The van der Waals surface area contributed by atoms with E-state index in [4.69, 9.17) is 16.7 Å². The van der Waals surface area contributed by atoms with Gasteiger partial charge in [-0.25, -0.2) is 4.68 Å². The maximum atomic E-state index is 6.07. The Morgan fingerprint density at radius 3 is 2.95 bits per heavy atom. The Morgan fingerprint density at radius 1 is 1.29 bits per heavy atom. The van der Waals surface area contributed by atoms with Crippen LogP contribution in [-0.2, 0) is 6.42 Å². The minimum Gasteiger partial charge on any atom is -0.369 e. The first-order chi connectivity index (χ1) is 10.2. The summed E-state index contributed by atoms with van der Waals surface area (Å²) in [5.41, 5.74) is 4.66. The van der Waals surface area contributed by atoms with Crippen molar-refractivity contribution in [1.29, 1.82) is 0 Å². The standard InChI is InChI=1S/C16H14ClN3S/c1-10-3-2-4-11(9-10)20-16-12(7-8-18-16)15(19-20)13-5-6-14(17)21-13/h2-6,9,18H,7-8H2,1H3. The van der Waals surface area contributed by atoms with Crippen molar-refractivity contribution in [2.24, 2.45) is 0 Å². The first-order valence-electron chi connectivity index (χ1n) is 6.91. The molecule has 2 aromatic heterocycles. The number of aromatic nitrogens is 2. The molecular formula is C16H14ClN3S. The molecule has 3 nitrogen and oxygen atoms in total. The van der Waals surface area contributed by atoms with Crippen molar-refractivity contribution in [1.82, 2.24) is 9.78 Å². The van der Waals surface area contributed by atoms with Crippen molar-refractivity contribution in [3.05, 3.63) is 51.9 Å². The lowest BCUT2D eigenvalue weighted by Crippen LogP contribution is -2.04. The van der Waals surface area contributed by atoms with E-state index >= 15 is 0 Å². The van der Waals surface area contributed by atoms with Crippen LogP contribution < -0.4 is 5.32 Å². The van der Waals surface area contributed by atoms with Crippen LogP contribution in [-0.4, -0.2) is 16.3 Å². The van der Waals surface area contributed by atoms with Gasteiger partial charge in [0.1, 0.15) is 11.5 Å². The summed E-state index contributed by atoms with van der Waals surface area (Å²) >= 11 is 7.65. The van der Waals surface area contributed by atoms with E-state index in [1.807, 2.05) is 10.7 Å². The Labute approximate surface area is 132 Å². The molecule has 106 valence electrons. The van der Waals surface area contributed by atoms with Crippen molar-refractivity contribution >= 4 is 28.8 Å². The molecule has 5 heteroatoms. The Hall–Kier alpha value is -1.78. The van der Waals surface area contributed by atoms with E-state index in [-0.39, 0.29) is 0 Å². The van der Waals surface area contributed by atoms with Crippen molar-refractivity contribution < 1.29 is 0 Å². The zero-order chi connectivity index (χ0) is 14.4. The van der Waals surface area contributed by atoms with Gasteiger partial charge in [0, 0.05) is 12.1 Å². The fraction of sp³-hybridized carbons (Fsp3) is 0.188. The molecule has 4 rings (SSSR count). The van der Waals surface area contributed by atoms with Crippen LogP contribution in [0, 0.1) is 6.92 Å². The van der Waals surface area contributed by atoms with Crippen LogP contribution in [0.1, 0.15) is 11.1 Å². The molecule has 21 heavy (non-hydrogen) atoms. The van der Waals surface area contributed by atoms with Gasteiger partial charge in [0.25, 0.3) is 0 Å². The monoisotopic (exact) mass is 315 g/mol. The maximum Gasteiger partial charge on any atom is 0.133 e. The summed E-state index contributed by atoms with van der Waals surface area (Å²) in [7, 11) is 0. The predicted octanol–water partition coefficient (Wildman–Crippen LogP) is 4.53. The highest BCUT2D eigenvalue weighted by atomic mass is 35.5. The lowest BCUT2D eigenvalue weighted by Gasteiger charge is -2.06. The van der Waals surface area contributed by atoms with Gasteiger partial charge in [0.15, 0.2) is 0 Å². The first kappa shape index (κ1) is 12.9. The van der Waals surface area contributed by atoms with Crippen molar-refractivity contribution in [2.45, 2.75) is 13.3 Å².